The first-order valence-electron chi connectivity index (χ1n) is 12.3. The molecule has 6 N–H and O–H groups in total. The highest BCUT2D eigenvalue weighted by atomic mass is 35.5. The summed E-state index contributed by atoms with van der Waals surface area (Å²) >= 11 is 5.57. The molecule has 12 heteroatoms. The zero-order chi connectivity index (χ0) is 28.7. The summed E-state index contributed by atoms with van der Waals surface area (Å²) in [5, 5.41) is 43.2. The van der Waals surface area contributed by atoms with Crippen molar-refractivity contribution < 1.29 is 39.5 Å². The molecular weight excluding hydrogens is 518 g/mol. The average molecular weight is 564 g/mol. The van der Waals surface area contributed by atoms with Gasteiger partial charge in [0.1, 0.15) is 12.7 Å². The molecule has 11 nitrogen and oxygen atoms in total. The number of anilines is 1. The fourth-order valence-corrected chi connectivity index (χ4v) is 3.82. The molecule has 0 radical (unpaired) electrons. The molecule has 3 amide bonds. The summed E-state index contributed by atoms with van der Waals surface area (Å²) in [4.78, 5) is 40.1. The molecule has 0 aliphatic rings. The number of carbonyl (C=O) groups excluding carboxylic acids is 3. The van der Waals surface area contributed by atoms with E-state index in [2.05, 4.69) is 10.6 Å². The quantitative estimate of drug-likeness (QED) is 0.145. The molecular formula is C26H46ClN3O8. The van der Waals surface area contributed by atoms with Gasteiger partial charge in [0.2, 0.25) is 5.91 Å². The molecule has 2 unspecified atom stereocenters. The minimum Gasteiger partial charge on any atom is -0.395 e. The van der Waals surface area contributed by atoms with Gasteiger partial charge in [0, 0.05) is 42.8 Å². The molecule has 0 aliphatic heterocycles. The van der Waals surface area contributed by atoms with E-state index in [-0.39, 0.29) is 57.3 Å². The minimum atomic E-state index is -1.43. The van der Waals surface area contributed by atoms with Crippen molar-refractivity contribution in [2.24, 2.45) is 0 Å². The molecule has 0 aliphatic carbocycles. The van der Waals surface area contributed by atoms with E-state index in [1.807, 2.05) is 13.8 Å². The van der Waals surface area contributed by atoms with Crippen molar-refractivity contribution in [3.63, 3.8) is 0 Å². The van der Waals surface area contributed by atoms with Crippen LogP contribution in [0.3, 0.4) is 0 Å². The molecule has 1 aromatic rings. The van der Waals surface area contributed by atoms with E-state index in [4.69, 9.17) is 26.6 Å². The smallest absolute Gasteiger partial charge is 0.254 e. The average Bonchev–Trinajstić information content (AvgIpc) is 2.89. The van der Waals surface area contributed by atoms with Gasteiger partial charge in [0.15, 0.2) is 0 Å². The minimum absolute atomic E-state index is 0. The van der Waals surface area contributed by atoms with Crippen molar-refractivity contribution in [3.05, 3.63) is 27.8 Å². The number of aliphatic hydroxyl groups excluding tert-OH is 4. The van der Waals surface area contributed by atoms with Crippen LogP contribution in [0.2, 0.25) is 0 Å². The van der Waals surface area contributed by atoms with Crippen molar-refractivity contribution in [1.82, 2.24) is 10.2 Å². The van der Waals surface area contributed by atoms with Gasteiger partial charge >= 0.3 is 0 Å². The second-order valence-electron chi connectivity index (χ2n) is 7.98. The first-order valence-corrected chi connectivity index (χ1v) is 12.8. The van der Waals surface area contributed by atoms with Gasteiger partial charge in [-0.3, -0.25) is 14.4 Å². The van der Waals surface area contributed by atoms with Gasteiger partial charge in [-0.05, 0) is 37.0 Å². The molecule has 1 aromatic carbocycles. The first kappa shape index (κ1) is 37.9. The molecule has 0 spiro atoms. The number of hydrogen-bond donors (Lipinski definition) is 6. The Bertz CT molecular complexity index is 898. The normalized spacial score (nSPS) is 11.9. The molecule has 2 atom stereocenters. The topological polar surface area (TPSA) is 169 Å². The number of carbonyl (C=O) groups is 3. The van der Waals surface area contributed by atoms with Crippen LogP contribution in [-0.4, -0.2) is 108 Å². The molecule has 0 bridgehead atoms. The van der Waals surface area contributed by atoms with E-state index >= 15 is 0 Å². The summed E-state index contributed by atoms with van der Waals surface area (Å²) in [6.07, 6.45) is -2.50. The third kappa shape index (κ3) is 10.5. The maximum atomic E-state index is 13.5. The lowest BCUT2D eigenvalue weighted by molar-refractivity contribution is -0.120. The third-order valence-electron chi connectivity index (χ3n) is 5.45. The largest absolute Gasteiger partial charge is 0.395 e. The van der Waals surface area contributed by atoms with Crippen LogP contribution in [0, 0.1) is 13.8 Å². The molecule has 0 aromatic heterocycles. The van der Waals surface area contributed by atoms with Gasteiger partial charge in [-0.2, -0.15) is 0 Å². The van der Waals surface area contributed by atoms with Gasteiger partial charge in [-0.25, -0.2) is 0 Å². The number of nitrogens with one attached hydrogen (secondary N) is 2. The first-order chi connectivity index (χ1) is 17.5. The highest BCUT2D eigenvalue weighted by Crippen LogP contribution is 2.33. The van der Waals surface area contributed by atoms with Crippen molar-refractivity contribution in [2.75, 3.05) is 57.8 Å². The predicted molar refractivity (Wildman–Crippen MR) is 149 cm³/mol. The van der Waals surface area contributed by atoms with Crippen LogP contribution in [-0.2, 0) is 16.0 Å². The molecule has 0 saturated heterocycles. The summed E-state index contributed by atoms with van der Waals surface area (Å²) < 4.78 is 5.18. The number of benzene rings is 1. The van der Waals surface area contributed by atoms with Gasteiger partial charge in [0.25, 0.3) is 11.8 Å². The Morgan fingerprint density at radius 2 is 1.66 bits per heavy atom. The zero-order valence-electron chi connectivity index (χ0n) is 22.6. The standard InChI is InChI=1S/C23H36ClN3O8.C2H6.CH4/c1-5-15-20(23(34)27(4)10-16(30)17(31)11-29)13(2)19(22(33)25-7-8-28)14(3)21(15)26-18(32)12-35-9-6-24;1-2;/h16-17,28-31H,5-12H2,1-4H3,(H,25,33)(H,26,32);1-2H3;1H4. The summed E-state index contributed by atoms with van der Waals surface area (Å²) in [5.74, 6) is -1.35. The fourth-order valence-electron chi connectivity index (χ4n) is 3.71. The van der Waals surface area contributed by atoms with E-state index in [1.165, 1.54) is 11.9 Å². The number of hydrogen-bond acceptors (Lipinski definition) is 8. The third-order valence-corrected chi connectivity index (χ3v) is 5.61. The van der Waals surface area contributed by atoms with E-state index < -0.39 is 36.5 Å². The number of nitrogens with zero attached hydrogens (tertiary/aromatic N) is 1. The highest BCUT2D eigenvalue weighted by Gasteiger charge is 2.29. The molecule has 38 heavy (non-hydrogen) atoms. The number of alkyl halides is 1. The molecule has 220 valence electrons. The van der Waals surface area contributed by atoms with E-state index in [0.29, 0.717) is 28.8 Å². The van der Waals surface area contributed by atoms with Crippen molar-refractivity contribution in [3.8, 4) is 0 Å². The van der Waals surface area contributed by atoms with Crippen LogP contribution in [0.15, 0.2) is 0 Å². The molecule has 0 saturated carbocycles. The Kier molecular flexibility index (Phi) is 19.7. The van der Waals surface area contributed by atoms with Gasteiger partial charge < -0.3 is 40.7 Å². The Morgan fingerprint density at radius 1 is 1.05 bits per heavy atom. The Morgan fingerprint density at radius 3 is 2.16 bits per heavy atom. The number of rotatable bonds is 14. The number of halogens is 1. The van der Waals surface area contributed by atoms with Gasteiger partial charge in [-0.1, -0.05) is 28.2 Å². The Hall–Kier alpha value is -2.28. The fraction of sp³-hybridized carbons (Fsp3) is 0.654. The lowest BCUT2D eigenvalue weighted by atomic mass is 9.88. The predicted octanol–water partition coefficient (Wildman–Crippen LogP) is 1.23. The highest BCUT2D eigenvalue weighted by molar-refractivity contribution is 6.18. The number of likely N-dealkylation sites (N-methyl/N-ethyl adjacent to an activating group) is 1. The lowest BCUT2D eigenvalue weighted by Gasteiger charge is -2.27. The molecule has 0 heterocycles. The second-order valence-corrected chi connectivity index (χ2v) is 8.36. The molecule has 1 rings (SSSR count). The van der Waals surface area contributed by atoms with Crippen LogP contribution < -0.4 is 10.6 Å². The van der Waals surface area contributed by atoms with E-state index in [1.54, 1.807) is 20.8 Å². The number of ether oxygens (including phenoxy) is 1. The van der Waals surface area contributed by atoms with Crippen molar-refractivity contribution in [2.45, 2.75) is 60.7 Å². The molecule has 0 fully saturated rings. The van der Waals surface area contributed by atoms with Crippen LogP contribution in [0.25, 0.3) is 0 Å². The Labute approximate surface area is 231 Å². The van der Waals surface area contributed by atoms with Gasteiger partial charge in [-0.15, -0.1) is 11.6 Å². The van der Waals surface area contributed by atoms with Crippen molar-refractivity contribution >= 4 is 35.0 Å². The van der Waals surface area contributed by atoms with Crippen molar-refractivity contribution in [1.29, 1.82) is 0 Å². The van der Waals surface area contributed by atoms with Crippen LogP contribution >= 0.6 is 11.6 Å². The lowest BCUT2D eigenvalue weighted by Crippen LogP contribution is -2.42. The van der Waals surface area contributed by atoms with E-state index in [9.17, 15) is 24.6 Å². The zero-order valence-corrected chi connectivity index (χ0v) is 23.3. The summed E-state index contributed by atoms with van der Waals surface area (Å²) in [5.41, 5.74) is 1.91. The SMILES string of the molecule is C.CC.CCc1c(NC(=O)COCCCl)c(C)c(C(=O)NCCO)c(C)c1C(=O)N(C)CC(O)C(O)CO. The maximum Gasteiger partial charge on any atom is 0.254 e. The summed E-state index contributed by atoms with van der Waals surface area (Å²) in [6.45, 7) is 7.70. The van der Waals surface area contributed by atoms with Gasteiger partial charge in [0.05, 0.1) is 25.9 Å². The number of amides is 3. The summed E-state index contributed by atoms with van der Waals surface area (Å²) in [6, 6.07) is 0. The summed E-state index contributed by atoms with van der Waals surface area (Å²) in [7, 11) is 1.41. The number of aliphatic hydroxyl groups is 4. The monoisotopic (exact) mass is 563 g/mol. The Balaban J connectivity index is 0. The van der Waals surface area contributed by atoms with Crippen LogP contribution in [0.4, 0.5) is 5.69 Å². The maximum absolute atomic E-state index is 13.5. The van der Waals surface area contributed by atoms with Crippen LogP contribution in [0.5, 0.6) is 0 Å². The van der Waals surface area contributed by atoms with E-state index in [0.717, 1.165) is 0 Å². The second kappa shape index (κ2) is 19.7. The van der Waals surface area contributed by atoms with Crippen LogP contribution in [0.1, 0.15) is 65.6 Å².